The highest BCUT2D eigenvalue weighted by atomic mass is 16.6. The SMILES string of the molecule is CCOC1CCN(c2ccc([C@@H](C)O)cc2[N+](=O)[O-])CC1. The smallest absolute Gasteiger partial charge is 0.292 e. The Kier molecular flexibility index (Phi) is 5.14. The van der Waals surface area contributed by atoms with Crippen LogP contribution in [-0.4, -0.2) is 35.8 Å². The van der Waals surface area contributed by atoms with Crippen molar-refractivity contribution in [3.05, 3.63) is 33.9 Å². The Morgan fingerprint density at radius 2 is 2.14 bits per heavy atom. The molecule has 6 heteroatoms. The van der Waals surface area contributed by atoms with Crippen LogP contribution in [0.5, 0.6) is 0 Å². The molecule has 0 saturated carbocycles. The van der Waals surface area contributed by atoms with Crippen molar-refractivity contribution in [3.8, 4) is 0 Å². The third-order valence-corrected chi connectivity index (χ3v) is 3.86. The number of rotatable bonds is 5. The Hall–Kier alpha value is -1.66. The lowest BCUT2D eigenvalue weighted by molar-refractivity contribution is -0.384. The van der Waals surface area contributed by atoms with Crippen molar-refractivity contribution in [2.45, 2.75) is 38.9 Å². The maximum atomic E-state index is 11.3. The maximum absolute atomic E-state index is 11.3. The quantitative estimate of drug-likeness (QED) is 0.667. The minimum Gasteiger partial charge on any atom is -0.389 e. The molecule has 6 nitrogen and oxygen atoms in total. The number of hydrogen-bond donors (Lipinski definition) is 1. The highest BCUT2D eigenvalue weighted by molar-refractivity contribution is 5.64. The number of aliphatic hydroxyl groups excluding tert-OH is 1. The van der Waals surface area contributed by atoms with Crippen LogP contribution in [0, 0.1) is 10.1 Å². The van der Waals surface area contributed by atoms with Crippen LogP contribution < -0.4 is 4.90 Å². The van der Waals surface area contributed by atoms with Gasteiger partial charge in [-0.15, -0.1) is 0 Å². The van der Waals surface area contributed by atoms with Crippen LogP contribution in [-0.2, 0) is 4.74 Å². The third-order valence-electron chi connectivity index (χ3n) is 3.86. The fourth-order valence-electron chi connectivity index (χ4n) is 2.71. The van der Waals surface area contributed by atoms with Gasteiger partial charge in [0.1, 0.15) is 5.69 Å². The molecule has 1 aromatic rings. The van der Waals surface area contributed by atoms with E-state index in [1.54, 1.807) is 19.1 Å². The minimum atomic E-state index is -0.707. The molecule has 1 aromatic carbocycles. The molecule has 0 bridgehead atoms. The van der Waals surface area contributed by atoms with Gasteiger partial charge in [-0.1, -0.05) is 6.07 Å². The van der Waals surface area contributed by atoms with Gasteiger partial charge in [0, 0.05) is 25.8 Å². The molecular formula is C15H22N2O4. The molecule has 116 valence electrons. The zero-order chi connectivity index (χ0) is 15.4. The summed E-state index contributed by atoms with van der Waals surface area (Å²) in [7, 11) is 0. The second-order valence-electron chi connectivity index (χ2n) is 5.32. The van der Waals surface area contributed by atoms with Gasteiger partial charge in [0.25, 0.3) is 5.69 Å². The molecule has 0 aliphatic carbocycles. The average Bonchev–Trinajstić information content (AvgIpc) is 2.47. The van der Waals surface area contributed by atoms with Crippen LogP contribution >= 0.6 is 0 Å². The number of aliphatic hydroxyl groups is 1. The molecule has 1 N–H and O–H groups in total. The number of nitro groups is 1. The summed E-state index contributed by atoms with van der Waals surface area (Å²) in [5.41, 5.74) is 1.25. The van der Waals surface area contributed by atoms with Crippen LogP contribution in [0.1, 0.15) is 38.4 Å². The topological polar surface area (TPSA) is 75.8 Å². The Balaban J connectivity index is 2.18. The van der Waals surface area contributed by atoms with E-state index in [4.69, 9.17) is 4.74 Å². The van der Waals surface area contributed by atoms with Crippen molar-refractivity contribution in [1.82, 2.24) is 0 Å². The normalized spacial score (nSPS) is 17.8. The molecule has 21 heavy (non-hydrogen) atoms. The Morgan fingerprint density at radius 3 is 2.67 bits per heavy atom. The number of anilines is 1. The van der Waals surface area contributed by atoms with Crippen LogP contribution in [0.3, 0.4) is 0 Å². The third kappa shape index (κ3) is 3.71. The largest absolute Gasteiger partial charge is 0.389 e. The van der Waals surface area contributed by atoms with Crippen molar-refractivity contribution < 1.29 is 14.8 Å². The summed E-state index contributed by atoms with van der Waals surface area (Å²) in [6, 6.07) is 4.96. The molecule has 0 unspecified atom stereocenters. The predicted molar refractivity (Wildman–Crippen MR) is 80.6 cm³/mol. The summed E-state index contributed by atoms with van der Waals surface area (Å²) in [5, 5.41) is 20.9. The fraction of sp³-hybridized carbons (Fsp3) is 0.600. The van der Waals surface area contributed by atoms with Gasteiger partial charge < -0.3 is 14.7 Å². The molecule has 1 heterocycles. The van der Waals surface area contributed by atoms with E-state index in [2.05, 4.69) is 0 Å². The molecule has 0 aromatic heterocycles. The lowest BCUT2D eigenvalue weighted by atomic mass is 10.0. The Bertz CT molecular complexity index is 496. The van der Waals surface area contributed by atoms with Gasteiger partial charge in [-0.25, -0.2) is 0 Å². The van der Waals surface area contributed by atoms with Crippen molar-refractivity contribution in [2.24, 2.45) is 0 Å². The Labute approximate surface area is 124 Å². The van der Waals surface area contributed by atoms with Crippen LogP contribution in [0.15, 0.2) is 18.2 Å². The van der Waals surface area contributed by atoms with Crippen LogP contribution in [0.4, 0.5) is 11.4 Å². The highest BCUT2D eigenvalue weighted by Crippen LogP contribution is 2.33. The maximum Gasteiger partial charge on any atom is 0.292 e. The number of hydrogen-bond acceptors (Lipinski definition) is 5. The number of nitro benzene ring substituents is 1. The van der Waals surface area contributed by atoms with Gasteiger partial charge in [-0.3, -0.25) is 10.1 Å². The first-order valence-corrected chi connectivity index (χ1v) is 7.36. The van der Waals surface area contributed by atoms with Crippen LogP contribution in [0.2, 0.25) is 0 Å². The number of piperidine rings is 1. The zero-order valence-corrected chi connectivity index (χ0v) is 12.5. The van der Waals surface area contributed by atoms with Gasteiger partial charge in [-0.05, 0) is 38.3 Å². The van der Waals surface area contributed by atoms with Crippen molar-refractivity contribution >= 4 is 11.4 Å². The highest BCUT2D eigenvalue weighted by Gasteiger charge is 2.25. The number of nitrogens with zero attached hydrogens (tertiary/aromatic N) is 2. The van der Waals surface area contributed by atoms with E-state index in [1.807, 2.05) is 11.8 Å². The summed E-state index contributed by atoms with van der Waals surface area (Å²) < 4.78 is 5.60. The first-order chi connectivity index (χ1) is 10.0. The van der Waals surface area contributed by atoms with E-state index >= 15 is 0 Å². The molecular weight excluding hydrogens is 272 g/mol. The van der Waals surface area contributed by atoms with Crippen molar-refractivity contribution in [3.63, 3.8) is 0 Å². The van der Waals surface area contributed by atoms with E-state index in [1.165, 1.54) is 6.07 Å². The zero-order valence-electron chi connectivity index (χ0n) is 12.5. The second-order valence-corrected chi connectivity index (χ2v) is 5.32. The fourth-order valence-corrected chi connectivity index (χ4v) is 2.71. The van der Waals surface area contributed by atoms with Gasteiger partial charge in [0.2, 0.25) is 0 Å². The average molecular weight is 294 g/mol. The summed E-state index contributed by atoms with van der Waals surface area (Å²) in [6.45, 7) is 5.78. The van der Waals surface area contributed by atoms with Gasteiger partial charge >= 0.3 is 0 Å². The first-order valence-electron chi connectivity index (χ1n) is 7.36. The molecule has 1 aliphatic heterocycles. The van der Waals surface area contributed by atoms with E-state index in [0.717, 1.165) is 25.9 Å². The van der Waals surface area contributed by atoms with E-state index < -0.39 is 6.10 Å². The first kappa shape index (κ1) is 15.7. The number of ether oxygens (including phenoxy) is 1. The Morgan fingerprint density at radius 1 is 1.48 bits per heavy atom. The lowest BCUT2D eigenvalue weighted by Gasteiger charge is -2.33. The predicted octanol–water partition coefficient (Wildman–Crippen LogP) is 2.65. The van der Waals surface area contributed by atoms with Gasteiger partial charge in [0.05, 0.1) is 17.1 Å². The van der Waals surface area contributed by atoms with Gasteiger partial charge in [0.15, 0.2) is 0 Å². The summed E-state index contributed by atoms with van der Waals surface area (Å²) in [6.07, 6.45) is 1.30. The molecule has 0 spiro atoms. The summed E-state index contributed by atoms with van der Waals surface area (Å²) in [4.78, 5) is 12.9. The van der Waals surface area contributed by atoms with Crippen LogP contribution in [0.25, 0.3) is 0 Å². The monoisotopic (exact) mass is 294 g/mol. The summed E-state index contributed by atoms with van der Waals surface area (Å²) in [5.74, 6) is 0. The molecule has 0 radical (unpaired) electrons. The summed E-state index contributed by atoms with van der Waals surface area (Å²) >= 11 is 0. The molecule has 2 rings (SSSR count). The lowest BCUT2D eigenvalue weighted by Crippen LogP contribution is -2.37. The second kappa shape index (κ2) is 6.87. The molecule has 1 atom stereocenters. The molecule has 1 aliphatic rings. The molecule has 0 amide bonds. The molecule has 1 saturated heterocycles. The standard InChI is InChI=1S/C15H22N2O4/c1-3-21-13-6-8-16(9-7-13)14-5-4-12(11(2)18)10-15(14)17(19)20/h4-5,10-11,13,18H,3,6-9H2,1-2H3/t11-/m1/s1. The van der Waals surface area contributed by atoms with Crippen molar-refractivity contribution in [1.29, 1.82) is 0 Å². The molecule has 1 fully saturated rings. The van der Waals surface area contributed by atoms with Gasteiger partial charge in [-0.2, -0.15) is 0 Å². The van der Waals surface area contributed by atoms with E-state index in [-0.39, 0.29) is 16.7 Å². The number of benzene rings is 1. The van der Waals surface area contributed by atoms with E-state index in [0.29, 0.717) is 17.9 Å². The van der Waals surface area contributed by atoms with E-state index in [9.17, 15) is 15.2 Å². The van der Waals surface area contributed by atoms with Crippen molar-refractivity contribution in [2.75, 3.05) is 24.6 Å². The minimum absolute atomic E-state index is 0.0586.